The number of nitrogens with zero attached hydrogens (tertiary/aromatic N) is 3. The van der Waals surface area contributed by atoms with Crippen molar-refractivity contribution in [1.29, 1.82) is 0 Å². The Labute approximate surface area is 143 Å². The zero-order valence-corrected chi connectivity index (χ0v) is 14.9. The third kappa shape index (κ3) is 3.73. The Morgan fingerprint density at radius 3 is 2.67 bits per heavy atom. The van der Waals surface area contributed by atoms with Gasteiger partial charge in [-0.05, 0) is 18.4 Å². The van der Waals surface area contributed by atoms with E-state index in [1.165, 1.54) is 0 Å². The number of hydrogen-bond donors (Lipinski definition) is 1. The number of pyridine rings is 1. The van der Waals surface area contributed by atoms with Gasteiger partial charge in [-0.15, -0.1) is 0 Å². The monoisotopic (exact) mass is 326 g/mol. The van der Waals surface area contributed by atoms with Crippen LogP contribution in [-0.4, -0.2) is 27.6 Å². The lowest BCUT2D eigenvalue weighted by Gasteiger charge is -2.21. The lowest BCUT2D eigenvalue weighted by molar-refractivity contribution is 0.107. The fourth-order valence-electron chi connectivity index (χ4n) is 2.91. The molecule has 2 aromatic rings. The molecule has 0 aromatic carbocycles. The minimum atomic E-state index is 0.0127. The van der Waals surface area contributed by atoms with Gasteiger partial charge in [-0.3, -0.25) is 4.98 Å². The zero-order chi connectivity index (χ0) is 17.1. The Balaban J connectivity index is 1.84. The highest BCUT2D eigenvalue weighted by atomic mass is 16.5. The molecule has 2 atom stereocenters. The third-order valence-corrected chi connectivity index (χ3v) is 4.31. The topological polar surface area (TPSA) is 59.9 Å². The summed E-state index contributed by atoms with van der Waals surface area (Å²) in [4.78, 5) is 13.6. The van der Waals surface area contributed by atoms with Crippen molar-refractivity contribution in [3.05, 3.63) is 47.7 Å². The molecule has 2 aromatic heterocycles. The molecule has 3 heterocycles. The summed E-state index contributed by atoms with van der Waals surface area (Å²) >= 11 is 0. The fourth-order valence-corrected chi connectivity index (χ4v) is 2.91. The molecule has 0 unspecified atom stereocenters. The van der Waals surface area contributed by atoms with E-state index in [0.717, 1.165) is 35.9 Å². The molecular formula is C19H26N4O. The lowest BCUT2D eigenvalue weighted by atomic mass is 10.0. The highest BCUT2D eigenvalue weighted by Crippen LogP contribution is 2.31. The minimum absolute atomic E-state index is 0.0127. The van der Waals surface area contributed by atoms with E-state index in [2.05, 4.69) is 50.1 Å². The van der Waals surface area contributed by atoms with Gasteiger partial charge in [0.1, 0.15) is 17.7 Å². The minimum Gasteiger partial charge on any atom is -0.371 e. The van der Waals surface area contributed by atoms with Crippen LogP contribution >= 0.6 is 0 Å². The molecule has 128 valence electrons. The molecule has 1 fully saturated rings. The second-order valence-corrected chi connectivity index (χ2v) is 6.96. The number of nitrogens with one attached hydrogen (secondary N) is 1. The number of anilines is 1. The van der Waals surface area contributed by atoms with Crippen molar-refractivity contribution < 1.29 is 4.74 Å². The van der Waals surface area contributed by atoms with E-state index in [1.807, 2.05) is 12.3 Å². The summed E-state index contributed by atoms with van der Waals surface area (Å²) in [5, 5.41) is 3.58. The van der Waals surface area contributed by atoms with E-state index in [4.69, 9.17) is 14.7 Å². The first-order valence-electron chi connectivity index (χ1n) is 8.71. The molecule has 1 aliphatic rings. The average Bonchev–Trinajstić information content (AvgIpc) is 3.03. The Morgan fingerprint density at radius 1 is 1.17 bits per heavy atom. The Bertz CT molecular complexity index is 646. The van der Waals surface area contributed by atoms with Gasteiger partial charge in [0.25, 0.3) is 0 Å². The van der Waals surface area contributed by atoms with Gasteiger partial charge in [-0.1, -0.05) is 33.8 Å². The molecular weight excluding hydrogens is 300 g/mol. The maximum atomic E-state index is 5.93. The summed E-state index contributed by atoms with van der Waals surface area (Å²) in [6, 6.07) is 6.28. The van der Waals surface area contributed by atoms with Crippen LogP contribution in [0.25, 0.3) is 0 Å². The molecule has 24 heavy (non-hydrogen) atoms. The van der Waals surface area contributed by atoms with Gasteiger partial charge in [-0.25, -0.2) is 9.97 Å². The quantitative estimate of drug-likeness (QED) is 0.898. The molecule has 5 nitrogen and oxygen atoms in total. The van der Waals surface area contributed by atoms with Gasteiger partial charge < -0.3 is 10.1 Å². The molecule has 0 aliphatic carbocycles. The molecule has 5 heteroatoms. The van der Waals surface area contributed by atoms with Crippen molar-refractivity contribution >= 4 is 5.82 Å². The number of rotatable bonds is 5. The predicted molar refractivity (Wildman–Crippen MR) is 95.2 cm³/mol. The predicted octanol–water partition coefficient (Wildman–Crippen LogP) is 4.06. The van der Waals surface area contributed by atoms with E-state index in [1.54, 1.807) is 6.20 Å². The molecule has 3 rings (SSSR count). The summed E-state index contributed by atoms with van der Waals surface area (Å²) in [6.07, 6.45) is 4.63. The standard InChI is InChI=1S/C19H26N4O/c1-12(2)16-10-17(23-19(22-16)13(3)4)21-15-7-9-24-18(15)14-6-5-8-20-11-14/h5-6,8,10-13,15,18H,7,9H2,1-4H3,(H,21,22,23)/t15-,18+/m0/s1. The van der Waals surface area contributed by atoms with Crippen molar-refractivity contribution in [2.75, 3.05) is 11.9 Å². The van der Waals surface area contributed by atoms with Gasteiger partial charge in [0.05, 0.1) is 6.04 Å². The Hall–Kier alpha value is -2.01. The highest BCUT2D eigenvalue weighted by Gasteiger charge is 2.30. The molecule has 0 radical (unpaired) electrons. The maximum absolute atomic E-state index is 5.93. The molecule has 0 bridgehead atoms. The van der Waals surface area contributed by atoms with Crippen LogP contribution in [0.3, 0.4) is 0 Å². The molecule has 1 N–H and O–H groups in total. The summed E-state index contributed by atoms with van der Waals surface area (Å²) in [7, 11) is 0. The van der Waals surface area contributed by atoms with Crippen LogP contribution in [0.1, 0.15) is 69.1 Å². The fraction of sp³-hybridized carbons (Fsp3) is 0.526. The van der Waals surface area contributed by atoms with E-state index in [9.17, 15) is 0 Å². The molecule has 0 spiro atoms. The van der Waals surface area contributed by atoms with Crippen LogP contribution < -0.4 is 5.32 Å². The van der Waals surface area contributed by atoms with Gasteiger partial charge >= 0.3 is 0 Å². The molecule has 0 amide bonds. The molecule has 0 saturated carbocycles. The highest BCUT2D eigenvalue weighted by molar-refractivity contribution is 5.40. The number of ether oxygens (including phenoxy) is 1. The van der Waals surface area contributed by atoms with Gasteiger partial charge in [0, 0.05) is 42.2 Å². The smallest absolute Gasteiger partial charge is 0.133 e. The number of aromatic nitrogens is 3. The van der Waals surface area contributed by atoms with Crippen molar-refractivity contribution in [2.45, 2.75) is 58.1 Å². The second-order valence-electron chi connectivity index (χ2n) is 6.96. The van der Waals surface area contributed by atoms with E-state index < -0.39 is 0 Å². The van der Waals surface area contributed by atoms with Crippen LogP contribution in [0, 0.1) is 0 Å². The first-order chi connectivity index (χ1) is 11.5. The third-order valence-electron chi connectivity index (χ3n) is 4.31. The van der Waals surface area contributed by atoms with E-state index >= 15 is 0 Å². The molecule has 1 aliphatic heterocycles. The van der Waals surface area contributed by atoms with E-state index in [-0.39, 0.29) is 12.1 Å². The Kier molecular flexibility index (Phi) is 5.09. The summed E-state index contributed by atoms with van der Waals surface area (Å²) < 4.78 is 5.93. The SMILES string of the molecule is CC(C)c1cc(N[C@H]2CCO[C@@H]2c2cccnc2)nc(C(C)C)n1. The van der Waals surface area contributed by atoms with Crippen molar-refractivity contribution in [3.8, 4) is 0 Å². The van der Waals surface area contributed by atoms with Crippen LogP contribution in [0.2, 0.25) is 0 Å². The van der Waals surface area contributed by atoms with Crippen LogP contribution in [0.15, 0.2) is 30.6 Å². The largest absolute Gasteiger partial charge is 0.371 e. The van der Waals surface area contributed by atoms with Crippen LogP contribution in [-0.2, 0) is 4.74 Å². The maximum Gasteiger partial charge on any atom is 0.133 e. The van der Waals surface area contributed by atoms with Crippen molar-refractivity contribution in [3.63, 3.8) is 0 Å². The van der Waals surface area contributed by atoms with Gasteiger partial charge in [-0.2, -0.15) is 0 Å². The first kappa shape index (κ1) is 16.8. The molecule has 1 saturated heterocycles. The summed E-state index contributed by atoms with van der Waals surface area (Å²) in [5.74, 6) is 2.46. The number of hydrogen-bond acceptors (Lipinski definition) is 5. The first-order valence-corrected chi connectivity index (χ1v) is 8.71. The normalized spacial score (nSPS) is 20.8. The second kappa shape index (κ2) is 7.26. The average molecular weight is 326 g/mol. The van der Waals surface area contributed by atoms with Crippen LogP contribution in [0.5, 0.6) is 0 Å². The van der Waals surface area contributed by atoms with Crippen LogP contribution in [0.4, 0.5) is 5.82 Å². The summed E-state index contributed by atoms with van der Waals surface area (Å²) in [6.45, 7) is 9.32. The van der Waals surface area contributed by atoms with Crippen molar-refractivity contribution in [1.82, 2.24) is 15.0 Å². The van der Waals surface area contributed by atoms with Gasteiger partial charge in [0.2, 0.25) is 0 Å². The van der Waals surface area contributed by atoms with Gasteiger partial charge in [0.15, 0.2) is 0 Å². The van der Waals surface area contributed by atoms with E-state index in [0.29, 0.717) is 11.8 Å². The zero-order valence-electron chi connectivity index (χ0n) is 14.9. The summed E-state index contributed by atoms with van der Waals surface area (Å²) in [5.41, 5.74) is 2.18. The van der Waals surface area contributed by atoms with Crippen molar-refractivity contribution in [2.24, 2.45) is 0 Å². The lowest BCUT2D eigenvalue weighted by Crippen LogP contribution is -2.24. The Morgan fingerprint density at radius 2 is 2.00 bits per heavy atom.